The number of carbonyl (C=O) groups is 1. The molecule has 2 aliphatic carbocycles. The predicted octanol–water partition coefficient (Wildman–Crippen LogP) is 7.35. The van der Waals surface area contributed by atoms with Crippen LogP contribution in [0.15, 0.2) is 71.6 Å². The minimum atomic E-state index is -4.16. The topological polar surface area (TPSA) is 118 Å². The van der Waals surface area contributed by atoms with Crippen LogP contribution in [0.3, 0.4) is 0 Å². The third kappa shape index (κ3) is 6.23. The fourth-order valence-corrected chi connectivity index (χ4v) is 9.67. The van der Waals surface area contributed by atoms with E-state index in [1.165, 1.54) is 37.8 Å². The summed E-state index contributed by atoms with van der Waals surface area (Å²) in [5, 5.41) is 0. The summed E-state index contributed by atoms with van der Waals surface area (Å²) in [6, 6.07) is 19.9. The summed E-state index contributed by atoms with van der Waals surface area (Å²) in [4.78, 5) is 33.5. The van der Waals surface area contributed by atoms with Crippen LogP contribution in [-0.4, -0.2) is 59.9 Å². The predicted molar refractivity (Wildman–Crippen MR) is 197 cm³/mol. The number of benzene rings is 2. The minimum absolute atomic E-state index is 0.0441. The number of nitrogens with zero attached hydrogens (tertiary/aromatic N) is 5. The highest BCUT2D eigenvalue weighted by Crippen LogP contribution is 2.62. The Morgan fingerprint density at radius 2 is 1.67 bits per heavy atom. The van der Waals surface area contributed by atoms with Crippen LogP contribution in [0.1, 0.15) is 85.6 Å². The number of rotatable bonds is 5. The molecular weight excluding hydrogens is 661 g/mol. The third-order valence-corrected chi connectivity index (χ3v) is 13.1. The maximum absolute atomic E-state index is 14.9. The van der Waals surface area contributed by atoms with Gasteiger partial charge >= 0.3 is 0 Å². The molecule has 3 atom stereocenters. The van der Waals surface area contributed by atoms with Crippen LogP contribution in [0, 0.1) is 31.1 Å². The molecule has 2 aliphatic heterocycles. The van der Waals surface area contributed by atoms with E-state index < -0.39 is 10.0 Å². The van der Waals surface area contributed by atoms with Crippen molar-refractivity contribution in [3.63, 3.8) is 0 Å². The normalized spacial score (nSPS) is 23.5. The summed E-state index contributed by atoms with van der Waals surface area (Å²) in [6.07, 6.45) is 6.71. The van der Waals surface area contributed by atoms with Crippen molar-refractivity contribution in [1.82, 2.24) is 19.9 Å². The molecule has 2 aromatic carbocycles. The van der Waals surface area contributed by atoms with E-state index in [0.29, 0.717) is 17.2 Å². The van der Waals surface area contributed by atoms with E-state index in [0.717, 1.165) is 41.0 Å². The Hall–Kier alpha value is -4.51. The summed E-state index contributed by atoms with van der Waals surface area (Å²) >= 11 is 0. The van der Waals surface area contributed by atoms with E-state index in [2.05, 4.69) is 46.6 Å². The van der Waals surface area contributed by atoms with Gasteiger partial charge in [-0.05, 0) is 111 Å². The molecule has 0 unspecified atom stereocenters. The molecule has 1 N–H and O–H groups in total. The lowest BCUT2D eigenvalue weighted by molar-refractivity contribution is -0.000398. The number of piperidine rings is 1. The first kappa shape index (κ1) is 33.6. The van der Waals surface area contributed by atoms with Crippen molar-refractivity contribution in [1.29, 1.82) is 0 Å². The number of sulfonamides is 1. The molecule has 266 valence electrons. The number of amides is 1. The van der Waals surface area contributed by atoms with Crippen molar-refractivity contribution in [2.45, 2.75) is 89.2 Å². The van der Waals surface area contributed by atoms with Crippen LogP contribution in [0.25, 0.3) is 11.3 Å². The molecule has 4 aromatic rings. The van der Waals surface area contributed by atoms with Crippen molar-refractivity contribution < 1.29 is 17.9 Å². The Kier molecular flexibility index (Phi) is 8.32. The van der Waals surface area contributed by atoms with Crippen LogP contribution >= 0.6 is 0 Å². The molecule has 4 heterocycles. The zero-order valence-electron chi connectivity index (χ0n) is 30.0. The molecule has 4 aliphatic rings. The molecule has 2 saturated carbocycles. The number of fused-ring (bicyclic) bond motifs is 5. The summed E-state index contributed by atoms with van der Waals surface area (Å²) in [5.41, 5.74) is 5.12. The summed E-state index contributed by atoms with van der Waals surface area (Å²) < 4.78 is 36.8. The first-order valence-electron chi connectivity index (χ1n) is 18.2. The number of anilines is 2. The zero-order chi connectivity index (χ0) is 35.7. The molecule has 2 aromatic heterocycles. The number of hydrogen-bond donors (Lipinski definition) is 1. The highest BCUT2D eigenvalue weighted by Gasteiger charge is 2.54. The lowest BCUT2D eigenvalue weighted by atomic mass is 9.76. The Bertz CT molecular complexity index is 2090. The van der Waals surface area contributed by atoms with Gasteiger partial charge in [-0.25, -0.2) is 23.1 Å². The van der Waals surface area contributed by atoms with Gasteiger partial charge in [0.1, 0.15) is 12.4 Å². The van der Waals surface area contributed by atoms with Crippen LogP contribution in [0.4, 0.5) is 11.8 Å². The van der Waals surface area contributed by atoms with Gasteiger partial charge in [0.2, 0.25) is 11.8 Å². The molecular formula is C40H46N6O4S. The highest BCUT2D eigenvalue weighted by atomic mass is 32.2. The smallest absolute Gasteiger partial charge is 0.264 e. The van der Waals surface area contributed by atoms with E-state index >= 15 is 0 Å². The fraction of sp³-hybridized carbons (Fsp3) is 0.450. The molecule has 4 bridgehead atoms. The van der Waals surface area contributed by atoms with Gasteiger partial charge in [-0.1, -0.05) is 44.2 Å². The summed E-state index contributed by atoms with van der Waals surface area (Å²) in [6.45, 7) is 8.54. The molecule has 1 spiro atoms. The van der Waals surface area contributed by atoms with Gasteiger partial charge < -0.3 is 14.5 Å². The van der Waals surface area contributed by atoms with Crippen LogP contribution < -0.4 is 14.4 Å². The molecule has 51 heavy (non-hydrogen) atoms. The number of carbonyl (C=O) groups excluding carboxylic acids is 1. The van der Waals surface area contributed by atoms with Crippen LogP contribution in [-0.2, 0) is 10.0 Å². The first-order chi connectivity index (χ1) is 24.4. The molecule has 1 amide bonds. The Morgan fingerprint density at radius 3 is 2.39 bits per heavy atom. The van der Waals surface area contributed by atoms with Gasteiger partial charge in [0, 0.05) is 30.3 Å². The first-order valence-corrected chi connectivity index (χ1v) is 19.6. The summed E-state index contributed by atoms with van der Waals surface area (Å²) in [7, 11) is -2.03. The minimum Gasteiger partial charge on any atom is -0.475 e. The van der Waals surface area contributed by atoms with Gasteiger partial charge in [0.05, 0.1) is 28.4 Å². The van der Waals surface area contributed by atoms with Crippen LogP contribution in [0.2, 0.25) is 0 Å². The number of hydrogen-bond acceptors (Lipinski definition) is 8. The van der Waals surface area contributed by atoms with E-state index in [1.54, 1.807) is 18.2 Å². The number of nitrogens with one attached hydrogen (secondary N) is 1. The monoisotopic (exact) mass is 706 g/mol. The SMILES string of the molecule is Cc1cccc(C)c1-c1cc2nc(n1)NS(=O)(=O)c1cccc(c1)C(=O)N1[C@@H](c3cccc(N(C)C4CC5(CC5)C4)n3)CC[C@@H](C(C)C)[C@H]1CO2. The molecule has 1 saturated heterocycles. The van der Waals surface area contributed by atoms with Crippen molar-refractivity contribution >= 4 is 27.7 Å². The Morgan fingerprint density at radius 1 is 0.941 bits per heavy atom. The van der Waals surface area contributed by atoms with E-state index in [-0.39, 0.29) is 58.7 Å². The second-order valence-corrected chi connectivity index (χ2v) is 17.2. The van der Waals surface area contributed by atoms with E-state index in [1.807, 2.05) is 49.1 Å². The fourth-order valence-electron chi connectivity index (χ4n) is 8.68. The molecule has 0 radical (unpaired) electrons. The number of aryl methyl sites for hydroxylation is 2. The van der Waals surface area contributed by atoms with Gasteiger partial charge in [-0.2, -0.15) is 4.98 Å². The van der Waals surface area contributed by atoms with E-state index in [9.17, 15) is 13.2 Å². The van der Waals surface area contributed by atoms with Crippen molar-refractivity contribution in [2.75, 3.05) is 23.3 Å². The molecule has 8 rings (SSSR count). The Labute approximate surface area is 300 Å². The van der Waals surface area contributed by atoms with Crippen LogP contribution in [0.5, 0.6) is 5.88 Å². The quantitative estimate of drug-likeness (QED) is 0.229. The number of pyridine rings is 1. The maximum Gasteiger partial charge on any atom is 0.264 e. The molecule has 3 fully saturated rings. The van der Waals surface area contributed by atoms with Crippen molar-refractivity contribution in [3.8, 4) is 17.1 Å². The zero-order valence-corrected chi connectivity index (χ0v) is 30.8. The number of ether oxygens (including phenoxy) is 1. The average molecular weight is 707 g/mol. The number of aromatic nitrogens is 3. The molecule has 11 heteroatoms. The second-order valence-electron chi connectivity index (χ2n) is 15.5. The van der Waals surface area contributed by atoms with Gasteiger partial charge in [0.25, 0.3) is 15.9 Å². The van der Waals surface area contributed by atoms with Gasteiger partial charge in [-0.15, -0.1) is 0 Å². The van der Waals surface area contributed by atoms with Gasteiger partial charge in [0.15, 0.2) is 0 Å². The van der Waals surface area contributed by atoms with E-state index in [4.69, 9.17) is 9.72 Å². The second kappa shape index (κ2) is 12.6. The Balaban J connectivity index is 1.23. The third-order valence-electron chi connectivity index (χ3n) is 11.8. The van der Waals surface area contributed by atoms with Crippen molar-refractivity contribution in [3.05, 3.63) is 89.1 Å². The molecule has 10 nitrogen and oxygen atoms in total. The lowest BCUT2D eigenvalue weighted by Crippen LogP contribution is -2.54. The highest BCUT2D eigenvalue weighted by molar-refractivity contribution is 7.92. The average Bonchev–Trinajstić information content (AvgIpc) is 3.90. The maximum atomic E-state index is 14.9. The van der Waals surface area contributed by atoms with Gasteiger partial charge in [-0.3, -0.25) is 4.79 Å². The standard InChI is InChI=1S/C40H46N6O4S/c1-24(2)30-15-16-33(31-13-8-14-35(41-31)45(5)28-21-40(22-28)17-18-40)46-34(30)23-50-36-20-32(37-25(3)9-6-10-26(37)4)42-39(43-36)44-51(48,49)29-12-7-11-27(19-29)38(46)47/h6-14,19-20,24,28,30,33-34H,15-18,21-23H2,1-5H3,(H,42,43,44)/t30-,33+,34+/m0/s1. The largest absolute Gasteiger partial charge is 0.475 e. The summed E-state index contributed by atoms with van der Waals surface area (Å²) in [5.74, 6) is 1.18. The van der Waals surface area contributed by atoms with Crippen molar-refractivity contribution in [2.24, 2.45) is 17.3 Å². The lowest BCUT2D eigenvalue weighted by Gasteiger charge is -2.47.